The highest BCUT2D eigenvalue weighted by Gasteiger charge is 2.16. The second-order valence-corrected chi connectivity index (χ2v) is 7.30. The number of nitrogens with one attached hydrogen (secondary N) is 2. The van der Waals surface area contributed by atoms with E-state index >= 15 is 0 Å². The Balaban J connectivity index is 2.13. The minimum Gasteiger partial charge on any atom is -0.490 e. The van der Waals surface area contributed by atoms with Crippen LogP contribution in [-0.4, -0.2) is 22.0 Å². The van der Waals surface area contributed by atoms with Crippen molar-refractivity contribution in [1.29, 1.82) is 0 Å². The van der Waals surface area contributed by atoms with Gasteiger partial charge in [0.05, 0.1) is 16.6 Å². The monoisotopic (exact) mass is 451 g/mol. The van der Waals surface area contributed by atoms with Crippen molar-refractivity contribution in [3.05, 3.63) is 62.1 Å². The van der Waals surface area contributed by atoms with Crippen LogP contribution in [0.15, 0.2) is 40.9 Å². The fourth-order valence-corrected chi connectivity index (χ4v) is 2.83. The van der Waals surface area contributed by atoms with E-state index in [0.29, 0.717) is 22.6 Å². The fraction of sp³-hybridized carbons (Fsp3) is 0.222. The maximum Gasteiger partial charge on any atom is 0.269 e. The first-order valence-electron chi connectivity index (χ1n) is 8.01. The number of nitro benzene ring substituents is 1. The maximum atomic E-state index is 12.6. The van der Waals surface area contributed by atoms with Gasteiger partial charge in [0, 0.05) is 22.3 Å². The van der Waals surface area contributed by atoms with E-state index in [0.717, 1.165) is 4.47 Å². The normalized spacial score (nSPS) is 10.4. The Morgan fingerprint density at radius 1 is 1.26 bits per heavy atom. The molecule has 9 heteroatoms. The Morgan fingerprint density at radius 3 is 2.56 bits per heavy atom. The molecule has 2 N–H and O–H groups in total. The molecule has 0 aliphatic rings. The lowest BCUT2D eigenvalue weighted by atomic mass is 10.2. The van der Waals surface area contributed by atoms with E-state index in [1.807, 2.05) is 13.8 Å². The summed E-state index contributed by atoms with van der Waals surface area (Å²) in [7, 11) is 0. The zero-order valence-corrected chi connectivity index (χ0v) is 17.3. The third kappa shape index (κ3) is 5.73. The minimum atomic E-state index is -0.472. The molecule has 0 spiro atoms. The number of rotatable bonds is 5. The average molecular weight is 452 g/mol. The molecule has 0 unspecified atom stereocenters. The third-order valence-corrected chi connectivity index (χ3v) is 4.14. The molecule has 7 nitrogen and oxygen atoms in total. The summed E-state index contributed by atoms with van der Waals surface area (Å²) < 4.78 is 6.40. The van der Waals surface area contributed by atoms with Gasteiger partial charge in [-0.1, -0.05) is 15.9 Å². The molecule has 1 amide bonds. The van der Waals surface area contributed by atoms with E-state index in [1.165, 1.54) is 12.1 Å². The number of nitrogens with zero attached hydrogens (tertiary/aromatic N) is 1. The first kappa shape index (κ1) is 20.8. The smallest absolute Gasteiger partial charge is 0.269 e. The van der Waals surface area contributed by atoms with Crippen LogP contribution in [0.3, 0.4) is 0 Å². The number of anilines is 1. The summed E-state index contributed by atoms with van der Waals surface area (Å²) >= 11 is 8.53. The molecular formula is C18H18BrN3O4S. The van der Waals surface area contributed by atoms with Crippen LogP contribution in [0, 0.1) is 17.0 Å². The number of ether oxygens (including phenoxy) is 1. The average Bonchev–Trinajstić information content (AvgIpc) is 2.57. The van der Waals surface area contributed by atoms with Crippen LogP contribution in [0.1, 0.15) is 29.8 Å². The van der Waals surface area contributed by atoms with Crippen molar-refractivity contribution in [1.82, 2.24) is 5.32 Å². The summed E-state index contributed by atoms with van der Waals surface area (Å²) in [5, 5.41) is 16.4. The summed E-state index contributed by atoms with van der Waals surface area (Å²) in [6.45, 7) is 5.45. The second kappa shape index (κ2) is 8.92. The van der Waals surface area contributed by atoms with E-state index in [1.54, 1.807) is 31.2 Å². The quantitative estimate of drug-likeness (QED) is 0.392. The van der Waals surface area contributed by atoms with Gasteiger partial charge < -0.3 is 10.1 Å². The van der Waals surface area contributed by atoms with Crippen molar-refractivity contribution in [2.45, 2.75) is 26.9 Å². The van der Waals surface area contributed by atoms with Gasteiger partial charge in [-0.05, 0) is 62.8 Å². The van der Waals surface area contributed by atoms with Crippen LogP contribution in [0.2, 0.25) is 0 Å². The number of amides is 1. The summed E-state index contributed by atoms with van der Waals surface area (Å²) in [5.74, 6) is 0.0176. The summed E-state index contributed by atoms with van der Waals surface area (Å²) in [5.41, 5.74) is 1.52. The molecule has 2 rings (SSSR count). The number of aryl methyl sites for hydroxylation is 1. The first-order chi connectivity index (χ1) is 12.7. The molecule has 0 atom stereocenters. The molecule has 2 aromatic carbocycles. The second-order valence-electron chi connectivity index (χ2n) is 5.97. The van der Waals surface area contributed by atoms with Crippen molar-refractivity contribution < 1.29 is 14.5 Å². The van der Waals surface area contributed by atoms with Gasteiger partial charge in [0.1, 0.15) is 5.75 Å². The number of halogens is 1. The van der Waals surface area contributed by atoms with Crippen LogP contribution >= 0.6 is 28.1 Å². The molecule has 0 aromatic heterocycles. The van der Waals surface area contributed by atoms with Crippen molar-refractivity contribution in [3.63, 3.8) is 0 Å². The number of carbonyl (C=O) groups excluding carboxylic acids is 1. The molecule has 0 heterocycles. The van der Waals surface area contributed by atoms with E-state index < -0.39 is 10.8 Å². The Hall–Kier alpha value is -2.52. The number of non-ortho nitro benzene ring substituents is 1. The van der Waals surface area contributed by atoms with Gasteiger partial charge in [-0.25, -0.2) is 0 Å². The maximum absolute atomic E-state index is 12.6. The van der Waals surface area contributed by atoms with Crippen LogP contribution < -0.4 is 15.4 Å². The van der Waals surface area contributed by atoms with Gasteiger partial charge in [0.15, 0.2) is 5.11 Å². The molecule has 0 aliphatic carbocycles. The van der Waals surface area contributed by atoms with E-state index in [2.05, 4.69) is 26.6 Å². The van der Waals surface area contributed by atoms with Crippen LogP contribution in [0.5, 0.6) is 5.75 Å². The summed E-state index contributed by atoms with van der Waals surface area (Å²) in [4.78, 5) is 22.9. The Labute approximate surface area is 170 Å². The number of nitro groups is 1. The van der Waals surface area contributed by atoms with Crippen molar-refractivity contribution >= 4 is 50.5 Å². The van der Waals surface area contributed by atoms with Crippen molar-refractivity contribution in [3.8, 4) is 5.75 Å². The molecule has 142 valence electrons. The SMILES string of the molecule is Cc1cc([N+](=O)[O-])ccc1NC(=S)NC(=O)c1cc(Br)ccc1OC(C)C. The van der Waals surface area contributed by atoms with Crippen molar-refractivity contribution in [2.75, 3.05) is 5.32 Å². The Bertz CT molecular complexity index is 902. The molecule has 0 saturated heterocycles. The zero-order valence-electron chi connectivity index (χ0n) is 14.9. The lowest BCUT2D eigenvalue weighted by Gasteiger charge is -2.16. The molecule has 2 aromatic rings. The van der Waals surface area contributed by atoms with Gasteiger partial charge in [0.25, 0.3) is 11.6 Å². The Morgan fingerprint density at radius 2 is 1.96 bits per heavy atom. The molecule has 0 saturated carbocycles. The van der Waals surface area contributed by atoms with E-state index in [9.17, 15) is 14.9 Å². The highest BCUT2D eigenvalue weighted by Crippen LogP contribution is 2.25. The number of thiocarbonyl (C=S) groups is 1. The first-order valence-corrected chi connectivity index (χ1v) is 9.21. The van der Waals surface area contributed by atoms with Gasteiger partial charge in [-0.2, -0.15) is 0 Å². The van der Waals surface area contributed by atoms with E-state index in [4.69, 9.17) is 17.0 Å². The van der Waals surface area contributed by atoms with Crippen LogP contribution in [0.4, 0.5) is 11.4 Å². The molecule has 0 radical (unpaired) electrons. The molecule has 0 bridgehead atoms. The standard InChI is InChI=1S/C18H18BrN3O4S/c1-10(2)26-16-7-4-12(19)9-14(16)17(23)21-18(27)20-15-6-5-13(22(24)25)8-11(15)3/h4-10H,1-3H3,(H2,20,21,23,27). The number of hydrogen-bond acceptors (Lipinski definition) is 5. The number of carbonyl (C=O) groups is 1. The van der Waals surface area contributed by atoms with Crippen LogP contribution in [0.25, 0.3) is 0 Å². The highest BCUT2D eigenvalue weighted by atomic mass is 79.9. The molecule has 0 aliphatic heterocycles. The summed E-state index contributed by atoms with van der Waals surface area (Å²) in [6, 6.07) is 9.46. The van der Waals surface area contributed by atoms with E-state index in [-0.39, 0.29) is 16.9 Å². The Kier molecular flexibility index (Phi) is 6.86. The predicted molar refractivity (Wildman–Crippen MR) is 111 cm³/mol. The topological polar surface area (TPSA) is 93.5 Å². The predicted octanol–water partition coefficient (Wildman–Crippen LogP) is 4.58. The lowest BCUT2D eigenvalue weighted by molar-refractivity contribution is -0.384. The molecular weight excluding hydrogens is 434 g/mol. The summed E-state index contributed by atoms with van der Waals surface area (Å²) in [6.07, 6.45) is -0.0921. The number of benzene rings is 2. The number of hydrogen-bond donors (Lipinski definition) is 2. The largest absolute Gasteiger partial charge is 0.490 e. The van der Waals surface area contributed by atoms with Gasteiger partial charge in [-0.3, -0.25) is 20.2 Å². The van der Waals surface area contributed by atoms with Gasteiger partial charge >= 0.3 is 0 Å². The fourth-order valence-electron chi connectivity index (χ4n) is 2.26. The van der Waals surface area contributed by atoms with Gasteiger partial charge in [-0.15, -0.1) is 0 Å². The van der Waals surface area contributed by atoms with Crippen molar-refractivity contribution in [2.24, 2.45) is 0 Å². The van der Waals surface area contributed by atoms with Crippen LogP contribution in [-0.2, 0) is 0 Å². The highest BCUT2D eigenvalue weighted by molar-refractivity contribution is 9.10. The molecule has 27 heavy (non-hydrogen) atoms. The molecule has 0 fully saturated rings. The minimum absolute atomic E-state index is 0.0161. The third-order valence-electron chi connectivity index (χ3n) is 3.44. The lowest BCUT2D eigenvalue weighted by Crippen LogP contribution is -2.34. The zero-order chi connectivity index (χ0) is 20.1. The van der Waals surface area contributed by atoms with Gasteiger partial charge in [0.2, 0.25) is 0 Å².